The van der Waals surface area contributed by atoms with Crippen LogP contribution in [0.1, 0.15) is 65.7 Å². The minimum atomic E-state index is -0.878. The molecule has 0 radical (unpaired) electrons. The molecule has 2 N–H and O–H groups in total. The summed E-state index contributed by atoms with van der Waals surface area (Å²) in [5.74, 6) is 0.593. The number of nitrogens with zero attached hydrogens (tertiary/aromatic N) is 1. The van der Waals surface area contributed by atoms with Crippen LogP contribution < -0.4 is 5.73 Å². The quantitative estimate of drug-likeness (QED) is 0.793. The second-order valence-electron chi connectivity index (χ2n) is 7.18. The molecule has 0 amide bonds. The van der Waals surface area contributed by atoms with Crippen LogP contribution >= 0.6 is 0 Å². The highest BCUT2D eigenvalue weighted by Crippen LogP contribution is 2.37. The van der Waals surface area contributed by atoms with Gasteiger partial charge in [0.25, 0.3) is 0 Å². The predicted octanol–water partition coefficient (Wildman–Crippen LogP) is 2.70. The lowest BCUT2D eigenvalue weighted by Crippen LogP contribution is -2.55. The van der Waals surface area contributed by atoms with Gasteiger partial charge in [-0.25, -0.2) is 0 Å². The molecular weight excluding hydrogens is 264 g/mol. The molecule has 1 heterocycles. The van der Waals surface area contributed by atoms with Gasteiger partial charge < -0.3 is 10.5 Å². The molecule has 0 bridgehead atoms. The largest absolute Gasteiger partial charge is 0.465 e. The van der Waals surface area contributed by atoms with Gasteiger partial charge in [0.1, 0.15) is 5.54 Å². The zero-order valence-corrected chi connectivity index (χ0v) is 13.9. The third-order valence-corrected chi connectivity index (χ3v) is 5.31. The Balaban J connectivity index is 1.98. The fourth-order valence-corrected chi connectivity index (χ4v) is 4.32. The highest BCUT2D eigenvalue weighted by Gasteiger charge is 2.39. The van der Waals surface area contributed by atoms with Gasteiger partial charge >= 0.3 is 5.97 Å². The van der Waals surface area contributed by atoms with Gasteiger partial charge in [-0.3, -0.25) is 9.69 Å². The summed E-state index contributed by atoms with van der Waals surface area (Å²) in [5.41, 5.74) is 5.34. The molecule has 4 nitrogen and oxygen atoms in total. The standard InChI is InChI=1S/C17H32N2O2/c1-4-21-16(20)17(3,18)12-13(2)19-11-7-9-14-8-5-6-10-15(14)19/h13-15H,4-12,18H2,1-3H3. The van der Waals surface area contributed by atoms with Gasteiger partial charge in [-0.2, -0.15) is 0 Å². The van der Waals surface area contributed by atoms with Crippen LogP contribution in [0, 0.1) is 5.92 Å². The van der Waals surface area contributed by atoms with Crippen LogP contribution in [0.5, 0.6) is 0 Å². The minimum Gasteiger partial charge on any atom is -0.465 e. The molecule has 2 fully saturated rings. The SMILES string of the molecule is CCOC(=O)C(C)(N)CC(C)N1CCCC2CCCCC21. The molecule has 1 aliphatic carbocycles. The van der Waals surface area contributed by atoms with E-state index in [1.54, 1.807) is 0 Å². The molecular formula is C17H32N2O2. The molecule has 0 aromatic rings. The second kappa shape index (κ2) is 7.10. The van der Waals surface area contributed by atoms with Crippen LogP contribution in [0.2, 0.25) is 0 Å². The normalized spacial score (nSPS) is 31.0. The van der Waals surface area contributed by atoms with Gasteiger partial charge in [0.15, 0.2) is 0 Å². The predicted molar refractivity (Wildman–Crippen MR) is 85.0 cm³/mol. The third kappa shape index (κ3) is 3.98. The zero-order chi connectivity index (χ0) is 15.5. The number of piperidine rings is 1. The summed E-state index contributed by atoms with van der Waals surface area (Å²) < 4.78 is 5.12. The summed E-state index contributed by atoms with van der Waals surface area (Å²) in [6.07, 6.45) is 8.78. The van der Waals surface area contributed by atoms with Crippen LogP contribution in [0.25, 0.3) is 0 Å². The van der Waals surface area contributed by atoms with Crippen molar-refractivity contribution in [3.8, 4) is 0 Å². The van der Waals surface area contributed by atoms with E-state index in [2.05, 4.69) is 11.8 Å². The van der Waals surface area contributed by atoms with Crippen LogP contribution in [-0.2, 0) is 9.53 Å². The van der Waals surface area contributed by atoms with Gasteiger partial charge in [-0.15, -0.1) is 0 Å². The molecule has 0 aromatic heterocycles. The lowest BCUT2D eigenvalue weighted by atomic mass is 9.77. The second-order valence-corrected chi connectivity index (χ2v) is 7.18. The van der Waals surface area contributed by atoms with Gasteiger partial charge in [0.05, 0.1) is 6.61 Å². The molecule has 4 heteroatoms. The van der Waals surface area contributed by atoms with Crippen molar-refractivity contribution in [3.63, 3.8) is 0 Å². The number of nitrogens with two attached hydrogens (primary N) is 1. The Morgan fingerprint density at radius 3 is 2.71 bits per heavy atom. The number of carbonyl (C=O) groups is 1. The smallest absolute Gasteiger partial charge is 0.325 e. The van der Waals surface area contributed by atoms with E-state index in [1.165, 1.54) is 38.5 Å². The van der Waals surface area contributed by atoms with E-state index < -0.39 is 5.54 Å². The highest BCUT2D eigenvalue weighted by molar-refractivity contribution is 5.80. The number of carbonyl (C=O) groups excluding carboxylic acids is 1. The first-order chi connectivity index (χ1) is 9.95. The first-order valence-electron chi connectivity index (χ1n) is 8.67. The van der Waals surface area contributed by atoms with Crippen LogP contribution in [0.15, 0.2) is 0 Å². The topological polar surface area (TPSA) is 55.6 Å². The number of rotatable bonds is 5. The van der Waals surface area contributed by atoms with Gasteiger partial charge in [0, 0.05) is 12.1 Å². The number of hydrogen-bond donors (Lipinski definition) is 1. The Kier molecular flexibility index (Phi) is 5.67. The lowest BCUT2D eigenvalue weighted by Gasteiger charge is -2.48. The van der Waals surface area contributed by atoms with Gasteiger partial charge in [-0.1, -0.05) is 12.8 Å². The number of esters is 1. The Morgan fingerprint density at radius 2 is 2.00 bits per heavy atom. The van der Waals surface area contributed by atoms with Crippen molar-refractivity contribution in [1.82, 2.24) is 4.90 Å². The Labute approximate surface area is 129 Å². The molecule has 122 valence electrons. The van der Waals surface area contributed by atoms with E-state index in [0.29, 0.717) is 25.1 Å². The maximum absolute atomic E-state index is 12.0. The number of likely N-dealkylation sites (tertiary alicyclic amines) is 1. The molecule has 2 rings (SSSR count). The molecule has 2 aliphatic rings. The van der Waals surface area contributed by atoms with Crippen molar-refractivity contribution < 1.29 is 9.53 Å². The summed E-state index contributed by atoms with van der Waals surface area (Å²) in [6.45, 7) is 7.41. The third-order valence-electron chi connectivity index (χ3n) is 5.31. The molecule has 4 atom stereocenters. The average molecular weight is 296 g/mol. The Bertz CT molecular complexity index is 355. The molecule has 0 aromatic carbocycles. The van der Waals surface area contributed by atoms with E-state index in [4.69, 9.17) is 10.5 Å². The van der Waals surface area contributed by atoms with Gasteiger partial charge in [-0.05, 0) is 65.3 Å². The Morgan fingerprint density at radius 1 is 1.33 bits per heavy atom. The highest BCUT2D eigenvalue weighted by atomic mass is 16.5. The van der Waals surface area contributed by atoms with Crippen LogP contribution in [0.3, 0.4) is 0 Å². The zero-order valence-electron chi connectivity index (χ0n) is 13.9. The maximum Gasteiger partial charge on any atom is 0.325 e. The van der Waals surface area contributed by atoms with Crippen molar-refractivity contribution in [2.75, 3.05) is 13.2 Å². The van der Waals surface area contributed by atoms with Crippen molar-refractivity contribution in [1.29, 1.82) is 0 Å². The Hall–Kier alpha value is -0.610. The number of hydrogen-bond acceptors (Lipinski definition) is 4. The van der Waals surface area contributed by atoms with Crippen LogP contribution in [0.4, 0.5) is 0 Å². The summed E-state index contributed by atoms with van der Waals surface area (Å²) in [7, 11) is 0. The van der Waals surface area contributed by atoms with E-state index in [9.17, 15) is 4.79 Å². The molecule has 1 saturated carbocycles. The van der Waals surface area contributed by atoms with Crippen molar-refractivity contribution >= 4 is 5.97 Å². The van der Waals surface area contributed by atoms with E-state index in [-0.39, 0.29) is 5.97 Å². The molecule has 1 aliphatic heterocycles. The first-order valence-corrected chi connectivity index (χ1v) is 8.67. The van der Waals surface area contributed by atoms with Crippen LogP contribution in [-0.4, -0.2) is 41.6 Å². The van der Waals surface area contributed by atoms with Gasteiger partial charge in [0.2, 0.25) is 0 Å². The first kappa shape index (κ1) is 16.8. The summed E-state index contributed by atoms with van der Waals surface area (Å²) >= 11 is 0. The number of ether oxygens (including phenoxy) is 1. The maximum atomic E-state index is 12.0. The molecule has 4 unspecified atom stereocenters. The fourth-order valence-electron chi connectivity index (χ4n) is 4.32. The fraction of sp³-hybridized carbons (Fsp3) is 0.941. The number of fused-ring (bicyclic) bond motifs is 1. The minimum absolute atomic E-state index is 0.269. The van der Waals surface area contributed by atoms with Crippen molar-refractivity contribution in [2.24, 2.45) is 11.7 Å². The average Bonchev–Trinajstić information content (AvgIpc) is 2.46. The van der Waals surface area contributed by atoms with E-state index in [0.717, 1.165) is 12.5 Å². The molecule has 21 heavy (non-hydrogen) atoms. The molecule has 1 saturated heterocycles. The van der Waals surface area contributed by atoms with Crippen molar-refractivity contribution in [2.45, 2.75) is 83.3 Å². The summed E-state index contributed by atoms with van der Waals surface area (Å²) in [5, 5.41) is 0. The lowest BCUT2D eigenvalue weighted by molar-refractivity contribution is -0.150. The van der Waals surface area contributed by atoms with Crippen molar-refractivity contribution in [3.05, 3.63) is 0 Å². The monoisotopic (exact) mass is 296 g/mol. The van der Waals surface area contributed by atoms with E-state index >= 15 is 0 Å². The van der Waals surface area contributed by atoms with E-state index in [1.807, 2.05) is 13.8 Å². The summed E-state index contributed by atoms with van der Waals surface area (Å²) in [4.78, 5) is 14.6. The molecule has 0 spiro atoms. The summed E-state index contributed by atoms with van der Waals surface area (Å²) in [6, 6.07) is 1.05.